The summed E-state index contributed by atoms with van der Waals surface area (Å²) in [6.07, 6.45) is 4.94. The fourth-order valence-electron chi connectivity index (χ4n) is 2.45. The zero-order valence-electron chi connectivity index (χ0n) is 11.8. The van der Waals surface area contributed by atoms with E-state index in [1.807, 2.05) is 0 Å². The number of thiol groups is 2. The Labute approximate surface area is 131 Å². The van der Waals surface area contributed by atoms with E-state index in [0.29, 0.717) is 49.4 Å². The molecule has 2 atom stereocenters. The van der Waals surface area contributed by atoms with Gasteiger partial charge in [0.2, 0.25) is 0 Å². The van der Waals surface area contributed by atoms with Gasteiger partial charge < -0.3 is 9.47 Å². The summed E-state index contributed by atoms with van der Waals surface area (Å²) in [6.45, 7) is 0.960. The molecule has 2 unspecified atom stereocenters. The van der Waals surface area contributed by atoms with Gasteiger partial charge in [0.1, 0.15) is 0 Å². The second kappa shape index (κ2) is 10.4. The van der Waals surface area contributed by atoms with E-state index in [-0.39, 0.29) is 11.9 Å². The molecule has 0 radical (unpaired) electrons. The minimum atomic E-state index is -0.178. The van der Waals surface area contributed by atoms with E-state index in [9.17, 15) is 9.59 Å². The summed E-state index contributed by atoms with van der Waals surface area (Å²) in [7, 11) is 0. The Hall–Kier alpha value is -0.360. The quantitative estimate of drug-likeness (QED) is 0.533. The van der Waals surface area contributed by atoms with Crippen molar-refractivity contribution in [2.45, 2.75) is 38.5 Å². The van der Waals surface area contributed by atoms with Crippen molar-refractivity contribution in [3.05, 3.63) is 0 Å². The van der Waals surface area contributed by atoms with E-state index in [1.54, 1.807) is 0 Å². The fraction of sp³-hybridized carbons (Fsp3) is 0.857. The Balaban J connectivity index is 2.21. The second-order valence-corrected chi connectivity index (χ2v) is 6.11. The van der Waals surface area contributed by atoms with Gasteiger partial charge in [-0.1, -0.05) is 6.42 Å². The minimum Gasteiger partial charge on any atom is -0.465 e. The maximum atomic E-state index is 11.3. The van der Waals surface area contributed by atoms with Gasteiger partial charge >= 0.3 is 11.9 Å². The molecule has 0 aromatic carbocycles. The molecule has 0 N–H and O–H groups in total. The molecule has 0 spiro atoms. The Morgan fingerprint density at radius 1 is 0.900 bits per heavy atom. The summed E-state index contributed by atoms with van der Waals surface area (Å²) in [6, 6.07) is 0. The molecular formula is C14H24O4S2. The molecule has 0 aliphatic heterocycles. The number of hydrogen-bond acceptors (Lipinski definition) is 6. The highest BCUT2D eigenvalue weighted by Crippen LogP contribution is 2.29. The molecule has 0 amide bonds. The molecule has 1 rings (SSSR count). The molecule has 1 aliphatic rings. The topological polar surface area (TPSA) is 52.6 Å². The highest BCUT2D eigenvalue weighted by molar-refractivity contribution is 7.80. The van der Waals surface area contributed by atoms with Crippen LogP contribution in [0.2, 0.25) is 0 Å². The van der Waals surface area contributed by atoms with E-state index < -0.39 is 0 Å². The van der Waals surface area contributed by atoms with Crippen molar-refractivity contribution in [1.82, 2.24) is 0 Å². The van der Waals surface area contributed by atoms with E-state index in [2.05, 4.69) is 25.3 Å². The van der Waals surface area contributed by atoms with Crippen LogP contribution >= 0.6 is 25.3 Å². The van der Waals surface area contributed by atoms with Gasteiger partial charge in [-0.25, -0.2) is 0 Å². The summed E-state index contributed by atoms with van der Waals surface area (Å²) in [5.41, 5.74) is 0. The minimum absolute atomic E-state index is 0.178. The lowest BCUT2D eigenvalue weighted by atomic mass is 9.82. The predicted octanol–water partition coefficient (Wildman–Crippen LogP) is 2.52. The molecule has 6 heteroatoms. The van der Waals surface area contributed by atoms with Crippen LogP contribution < -0.4 is 0 Å². The third kappa shape index (κ3) is 7.43. The largest absolute Gasteiger partial charge is 0.465 e. The maximum Gasteiger partial charge on any atom is 0.306 e. The van der Waals surface area contributed by atoms with Crippen LogP contribution in [0.4, 0.5) is 0 Å². The van der Waals surface area contributed by atoms with Gasteiger partial charge in [-0.2, -0.15) is 25.3 Å². The maximum absolute atomic E-state index is 11.3. The molecule has 116 valence electrons. The first kappa shape index (κ1) is 17.7. The van der Waals surface area contributed by atoms with Gasteiger partial charge in [0.25, 0.3) is 0 Å². The van der Waals surface area contributed by atoms with E-state index >= 15 is 0 Å². The first-order chi connectivity index (χ1) is 9.65. The monoisotopic (exact) mass is 320 g/mol. The summed E-state index contributed by atoms with van der Waals surface area (Å²) in [5, 5.41) is 0. The Morgan fingerprint density at radius 3 is 1.75 bits per heavy atom. The van der Waals surface area contributed by atoms with E-state index in [4.69, 9.17) is 9.47 Å². The summed E-state index contributed by atoms with van der Waals surface area (Å²) < 4.78 is 10.5. The average molecular weight is 320 g/mol. The van der Waals surface area contributed by atoms with Gasteiger partial charge in [0, 0.05) is 11.5 Å². The lowest BCUT2D eigenvalue weighted by molar-refractivity contribution is -0.145. The number of carbonyl (C=O) groups excluding carboxylic acids is 2. The van der Waals surface area contributed by atoms with Crippen molar-refractivity contribution < 1.29 is 19.1 Å². The van der Waals surface area contributed by atoms with Crippen molar-refractivity contribution in [3.8, 4) is 0 Å². The second-order valence-electron chi connectivity index (χ2n) is 5.21. The van der Waals surface area contributed by atoms with Crippen LogP contribution in [-0.4, -0.2) is 36.7 Å². The number of esters is 2. The van der Waals surface area contributed by atoms with Crippen LogP contribution in [0.3, 0.4) is 0 Å². The van der Waals surface area contributed by atoms with Gasteiger partial charge in [-0.15, -0.1) is 0 Å². The normalized spacial score (nSPS) is 22.3. The molecule has 0 saturated heterocycles. The van der Waals surface area contributed by atoms with Gasteiger partial charge in [0.15, 0.2) is 0 Å². The standard InChI is InChI=1S/C14H24O4S2/c15-13(4-6-19)17-9-11-2-1-3-12(8-11)10-18-14(16)5-7-20/h11-12,19-20H,1-10H2. The van der Waals surface area contributed by atoms with Crippen LogP contribution in [0.5, 0.6) is 0 Å². The smallest absolute Gasteiger partial charge is 0.306 e. The zero-order chi connectivity index (χ0) is 14.8. The third-order valence-corrected chi connectivity index (χ3v) is 3.93. The molecule has 4 nitrogen and oxygen atoms in total. The van der Waals surface area contributed by atoms with Crippen molar-refractivity contribution in [1.29, 1.82) is 0 Å². The zero-order valence-corrected chi connectivity index (χ0v) is 13.5. The lowest BCUT2D eigenvalue weighted by Crippen LogP contribution is -2.25. The molecule has 1 fully saturated rings. The third-order valence-electron chi connectivity index (χ3n) is 3.48. The summed E-state index contributed by atoms with van der Waals surface area (Å²) in [4.78, 5) is 22.6. The molecule has 20 heavy (non-hydrogen) atoms. The van der Waals surface area contributed by atoms with E-state index in [1.165, 1.54) is 0 Å². The first-order valence-electron chi connectivity index (χ1n) is 7.18. The predicted molar refractivity (Wildman–Crippen MR) is 84.3 cm³/mol. The summed E-state index contributed by atoms with van der Waals surface area (Å²) in [5.74, 6) is 1.47. The molecule has 0 bridgehead atoms. The van der Waals surface area contributed by atoms with E-state index in [0.717, 1.165) is 25.7 Å². The average Bonchev–Trinajstić information content (AvgIpc) is 2.44. The number of hydrogen-bond donors (Lipinski definition) is 2. The van der Waals surface area contributed by atoms with Crippen LogP contribution in [0.1, 0.15) is 38.5 Å². The van der Waals surface area contributed by atoms with Crippen LogP contribution in [-0.2, 0) is 19.1 Å². The highest BCUT2D eigenvalue weighted by Gasteiger charge is 2.24. The number of rotatable bonds is 8. The Kier molecular flexibility index (Phi) is 9.18. The Morgan fingerprint density at radius 2 is 1.35 bits per heavy atom. The molecule has 0 aromatic heterocycles. The number of carbonyl (C=O) groups is 2. The SMILES string of the molecule is O=C(CCS)OCC1CCCC(COC(=O)CCS)C1. The van der Waals surface area contributed by atoms with Crippen molar-refractivity contribution in [2.24, 2.45) is 11.8 Å². The number of ether oxygens (including phenoxy) is 2. The van der Waals surface area contributed by atoms with Gasteiger partial charge in [-0.05, 0) is 31.1 Å². The fourth-order valence-corrected chi connectivity index (χ4v) is 2.82. The Bertz CT molecular complexity index is 282. The van der Waals surface area contributed by atoms with Gasteiger partial charge in [-0.3, -0.25) is 9.59 Å². The van der Waals surface area contributed by atoms with Crippen molar-refractivity contribution in [2.75, 3.05) is 24.7 Å². The van der Waals surface area contributed by atoms with Crippen LogP contribution in [0.15, 0.2) is 0 Å². The molecule has 1 aliphatic carbocycles. The highest BCUT2D eigenvalue weighted by atomic mass is 32.1. The molecule has 1 saturated carbocycles. The van der Waals surface area contributed by atoms with Crippen molar-refractivity contribution >= 4 is 37.2 Å². The summed E-state index contributed by atoms with van der Waals surface area (Å²) >= 11 is 8.01. The van der Waals surface area contributed by atoms with Crippen molar-refractivity contribution in [3.63, 3.8) is 0 Å². The first-order valence-corrected chi connectivity index (χ1v) is 8.45. The lowest BCUT2D eigenvalue weighted by Gasteiger charge is -2.28. The van der Waals surface area contributed by atoms with Crippen LogP contribution in [0, 0.1) is 11.8 Å². The molecule has 0 aromatic rings. The van der Waals surface area contributed by atoms with Crippen LogP contribution in [0.25, 0.3) is 0 Å². The molecule has 0 heterocycles. The molecular weight excluding hydrogens is 296 g/mol. The van der Waals surface area contributed by atoms with Gasteiger partial charge in [0.05, 0.1) is 26.1 Å².